The van der Waals surface area contributed by atoms with Gasteiger partial charge in [0.05, 0.1) is 11.0 Å². The van der Waals surface area contributed by atoms with Crippen molar-refractivity contribution in [1.29, 1.82) is 0 Å². The van der Waals surface area contributed by atoms with Crippen LogP contribution >= 0.6 is 0 Å². The Bertz CT molecular complexity index is 733. The number of nitrogens with one attached hydrogen (secondary N) is 1. The zero-order valence-electron chi connectivity index (χ0n) is 18.0. The molecule has 29 heavy (non-hydrogen) atoms. The molecule has 0 saturated heterocycles. The Morgan fingerprint density at radius 2 is 1.55 bits per heavy atom. The van der Waals surface area contributed by atoms with Crippen molar-refractivity contribution >= 4 is 12.1 Å². The Kier molecular flexibility index (Phi) is 7.38. The number of halogens is 3. The molecule has 0 spiro atoms. The third-order valence-corrected chi connectivity index (χ3v) is 4.15. The van der Waals surface area contributed by atoms with E-state index in [1.807, 2.05) is 0 Å². The molecule has 0 heterocycles. The van der Waals surface area contributed by atoms with Crippen LogP contribution < -0.4 is 5.32 Å². The summed E-state index contributed by atoms with van der Waals surface area (Å²) < 4.78 is 50.3. The number of carbonyl (C=O) groups is 2. The van der Waals surface area contributed by atoms with Crippen LogP contribution in [0.1, 0.15) is 66.0 Å². The minimum atomic E-state index is -4.55. The number of hydrogen-bond acceptors (Lipinski definition) is 4. The minimum absolute atomic E-state index is 0.169. The first-order valence-corrected chi connectivity index (χ1v) is 9.36. The van der Waals surface area contributed by atoms with Gasteiger partial charge in [0.15, 0.2) is 0 Å². The van der Waals surface area contributed by atoms with Gasteiger partial charge in [0.1, 0.15) is 17.7 Å². The van der Waals surface area contributed by atoms with Gasteiger partial charge in [-0.1, -0.05) is 19.1 Å². The van der Waals surface area contributed by atoms with E-state index in [-0.39, 0.29) is 18.6 Å². The largest absolute Gasteiger partial charge is 0.462 e. The van der Waals surface area contributed by atoms with E-state index in [0.29, 0.717) is 0 Å². The molecule has 0 aromatic heterocycles. The van der Waals surface area contributed by atoms with Crippen molar-refractivity contribution in [2.75, 3.05) is 6.61 Å². The maximum atomic E-state index is 13.2. The zero-order valence-corrected chi connectivity index (χ0v) is 18.0. The number of rotatable bonds is 5. The quantitative estimate of drug-likeness (QED) is 0.650. The maximum Gasteiger partial charge on any atom is 0.416 e. The molecule has 1 amide bonds. The fraction of sp³-hybridized carbons (Fsp3) is 0.619. The van der Waals surface area contributed by atoms with E-state index >= 15 is 0 Å². The molecule has 0 radical (unpaired) electrons. The molecule has 1 atom stereocenters. The maximum absolute atomic E-state index is 13.2. The van der Waals surface area contributed by atoms with Gasteiger partial charge in [-0.15, -0.1) is 0 Å². The first-order valence-electron chi connectivity index (χ1n) is 9.36. The number of amides is 1. The average Bonchev–Trinajstić information content (AvgIpc) is 2.55. The standard InChI is InChI=1S/C21H30F3NO4/c1-8-20(13-28-16(26)18(2,3)4,25-17(27)29-19(5,6)7)14-10-9-11-15(12-14)21(22,23)24/h9-12H,8,13H2,1-7H3,(H,25,27). The monoisotopic (exact) mass is 417 g/mol. The molecule has 0 bridgehead atoms. The molecule has 1 unspecified atom stereocenters. The molecule has 1 rings (SSSR count). The van der Waals surface area contributed by atoms with Crippen LogP contribution in [0.5, 0.6) is 0 Å². The third-order valence-electron chi connectivity index (χ3n) is 4.15. The predicted octanol–water partition coefficient (Wildman–Crippen LogP) is 5.42. The summed E-state index contributed by atoms with van der Waals surface area (Å²) in [5.74, 6) is -0.534. The SMILES string of the molecule is CCC(COC(=O)C(C)(C)C)(NC(=O)OC(C)(C)C)c1cccc(C(F)(F)F)c1. The Morgan fingerprint density at radius 1 is 1.00 bits per heavy atom. The van der Waals surface area contributed by atoms with Crippen LogP contribution in [0.25, 0.3) is 0 Å². The topological polar surface area (TPSA) is 64.6 Å². The molecule has 0 aliphatic rings. The van der Waals surface area contributed by atoms with Crippen LogP contribution in [-0.2, 0) is 26.0 Å². The van der Waals surface area contributed by atoms with Crippen LogP contribution in [0.15, 0.2) is 24.3 Å². The molecule has 1 aromatic rings. The summed E-state index contributed by atoms with van der Waals surface area (Å²) in [5.41, 5.74) is -3.69. The molecule has 5 nitrogen and oxygen atoms in total. The van der Waals surface area contributed by atoms with Crippen LogP contribution in [0.3, 0.4) is 0 Å². The zero-order chi connectivity index (χ0) is 22.7. The first-order chi connectivity index (χ1) is 13.0. The predicted molar refractivity (Wildman–Crippen MR) is 103 cm³/mol. The number of alkyl carbamates (subject to hydrolysis) is 1. The number of carbonyl (C=O) groups excluding carboxylic acids is 2. The van der Waals surface area contributed by atoms with Gasteiger partial charge in [0.25, 0.3) is 0 Å². The van der Waals surface area contributed by atoms with E-state index in [1.165, 1.54) is 12.1 Å². The second-order valence-corrected chi connectivity index (χ2v) is 8.97. The summed E-state index contributed by atoms with van der Waals surface area (Å²) in [7, 11) is 0. The van der Waals surface area contributed by atoms with Crippen molar-refractivity contribution < 1.29 is 32.2 Å². The summed E-state index contributed by atoms with van der Waals surface area (Å²) in [6.07, 6.45) is -5.20. The highest BCUT2D eigenvalue weighted by Gasteiger charge is 2.39. The smallest absolute Gasteiger partial charge is 0.416 e. The van der Waals surface area contributed by atoms with Crippen molar-refractivity contribution in [3.63, 3.8) is 0 Å². The van der Waals surface area contributed by atoms with Crippen molar-refractivity contribution in [2.45, 2.75) is 72.2 Å². The van der Waals surface area contributed by atoms with Crippen molar-refractivity contribution in [2.24, 2.45) is 5.41 Å². The Morgan fingerprint density at radius 3 is 2.00 bits per heavy atom. The number of esters is 1. The summed E-state index contributed by atoms with van der Waals surface area (Å²) in [4.78, 5) is 24.7. The van der Waals surface area contributed by atoms with Gasteiger partial charge in [0.2, 0.25) is 0 Å². The molecule has 1 N–H and O–H groups in total. The molecular formula is C21H30F3NO4. The number of benzene rings is 1. The van der Waals surface area contributed by atoms with Crippen LogP contribution in [0.4, 0.5) is 18.0 Å². The van der Waals surface area contributed by atoms with Crippen molar-refractivity contribution in [3.8, 4) is 0 Å². The van der Waals surface area contributed by atoms with E-state index in [1.54, 1.807) is 48.5 Å². The van der Waals surface area contributed by atoms with Crippen molar-refractivity contribution in [3.05, 3.63) is 35.4 Å². The van der Waals surface area contributed by atoms with Gasteiger partial charge in [-0.25, -0.2) is 4.79 Å². The number of ether oxygens (including phenoxy) is 2. The van der Waals surface area contributed by atoms with Crippen LogP contribution in [-0.4, -0.2) is 24.3 Å². The Hall–Kier alpha value is -2.25. The van der Waals surface area contributed by atoms with Gasteiger partial charge < -0.3 is 14.8 Å². The normalized spacial score (nSPS) is 14.7. The van der Waals surface area contributed by atoms with Gasteiger partial charge >= 0.3 is 18.2 Å². The van der Waals surface area contributed by atoms with Gasteiger partial charge in [-0.2, -0.15) is 13.2 Å². The summed E-state index contributed by atoms with van der Waals surface area (Å²) in [5, 5.41) is 2.63. The third kappa shape index (κ3) is 7.25. The molecule has 0 fully saturated rings. The van der Waals surface area contributed by atoms with Gasteiger partial charge in [0, 0.05) is 0 Å². The second-order valence-electron chi connectivity index (χ2n) is 8.97. The lowest BCUT2D eigenvalue weighted by Crippen LogP contribution is -2.51. The van der Waals surface area contributed by atoms with E-state index in [0.717, 1.165) is 12.1 Å². The van der Waals surface area contributed by atoms with Crippen LogP contribution in [0, 0.1) is 5.41 Å². The summed E-state index contributed by atoms with van der Waals surface area (Å²) in [6, 6.07) is 4.61. The van der Waals surface area contributed by atoms with Crippen molar-refractivity contribution in [1.82, 2.24) is 5.32 Å². The highest BCUT2D eigenvalue weighted by Crippen LogP contribution is 2.34. The first kappa shape index (κ1) is 24.8. The molecule has 0 saturated carbocycles. The van der Waals surface area contributed by atoms with E-state index < -0.39 is 40.4 Å². The number of hydrogen-bond donors (Lipinski definition) is 1. The lowest BCUT2D eigenvalue weighted by molar-refractivity contribution is -0.155. The molecule has 164 valence electrons. The molecule has 1 aromatic carbocycles. The fourth-order valence-electron chi connectivity index (χ4n) is 2.48. The lowest BCUT2D eigenvalue weighted by Gasteiger charge is -2.35. The second kappa shape index (κ2) is 8.63. The lowest BCUT2D eigenvalue weighted by atomic mass is 9.86. The Balaban J connectivity index is 3.35. The molecule has 0 aliphatic carbocycles. The molecule has 0 aliphatic heterocycles. The summed E-state index contributed by atoms with van der Waals surface area (Å²) in [6.45, 7) is 11.3. The molecule has 8 heteroatoms. The fourth-order valence-corrected chi connectivity index (χ4v) is 2.48. The number of alkyl halides is 3. The van der Waals surface area contributed by atoms with E-state index in [4.69, 9.17) is 9.47 Å². The molecular weight excluding hydrogens is 387 g/mol. The van der Waals surface area contributed by atoms with E-state index in [2.05, 4.69) is 5.32 Å². The van der Waals surface area contributed by atoms with Gasteiger partial charge in [-0.05, 0) is 65.7 Å². The highest BCUT2D eigenvalue weighted by atomic mass is 19.4. The van der Waals surface area contributed by atoms with Gasteiger partial charge in [-0.3, -0.25) is 4.79 Å². The van der Waals surface area contributed by atoms with Crippen LogP contribution in [0.2, 0.25) is 0 Å². The average molecular weight is 417 g/mol. The highest BCUT2D eigenvalue weighted by molar-refractivity contribution is 5.75. The Labute approximate surface area is 170 Å². The minimum Gasteiger partial charge on any atom is -0.462 e. The van der Waals surface area contributed by atoms with E-state index in [9.17, 15) is 22.8 Å². The summed E-state index contributed by atoms with van der Waals surface area (Å²) >= 11 is 0.